The molecule has 0 aromatic heterocycles. The second kappa shape index (κ2) is 45.1. The smallest absolute Gasteiger partial charge is 0.387 e. The van der Waals surface area contributed by atoms with Crippen LogP contribution in [0.4, 0.5) is 0 Å². The fraction of sp³-hybridized carbons (Fsp3) is 0.906. The quantitative estimate of drug-likeness (QED) is 0.0243. The van der Waals surface area contributed by atoms with Crippen LogP contribution in [0.15, 0.2) is 24.3 Å². The number of nitrogens with zero attached hydrogens (tertiary/aromatic N) is 1. The van der Waals surface area contributed by atoms with Crippen molar-refractivity contribution < 1.29 is 32.9 Å². The number of carbonyl (C=O) groups is 1. The number of rotatable bonds is 49. The van der Waals surface area contributed by atoms with E-state index in [2.05, 4.69) is 31.3 Å². The van der Waals surface area contributed by atoms with Crippen LogP contribution in [0.2, 0.25) is 0 Å². The van der Waals surface area contributed by atoms with E-state index in [1.807, 2.05) is 27.2 Å². The van der Waals surface area contributed by atoms with Gasteiger partial charge < -0.3 is 19.8 Å². The number of hydrogen-bond donors (Lipinski definition) is 3. The van der Waals surface area contributed by atoms with Crippen LogP contribution in [-0.2, 0) is 18.4 Å². The van der Waals surface area contributed by atoms with Crippen LogP contribution in [0.25, 0.3) is 0 Å². The molecule has 368 valence electrons. The largest absolute Gasteiger partial charge is 0.472 e. The molecule has 0 aromatic carbocycles. The number of phosphoric ester groups is 1. The Morgan fingerprint density at radius 1 is 0.532 bits per heavy atom. The highest BCUT2D eigenvalue weighted by molar-refractivity contribution is 7.47. The number of phosphoric acid groups is 1. The van der Waals surface area contributed by atoms with Crippen molar-refractivity contribution in [2.45, 2.75) is 270 Å². The molecule has 0 aliphatic rings. The van der Waals surface area contributed by atoms with Gasteiger partial charge in [0.15, 0.2) is 0 Å². The van der Waals surface area contributed by atoms with Gasteiger partial charge in [0.2, 0.25) is 5.91 Å². The van der Waals surface area contributed by atoms with Crippen molar-refractivity contribution in [1.29, 1.82) is 0 Å². The first kappa shape index (κ1) is 61.0. The molecule has 1 amide bonds. The predicted molar refractivity (Wildman–Crippen MR) is 268 cm³/mol. The summed E-state index contributed by atoms with van der Waals surface area (Å²) in [6, 6.07) is -0.858. The van der Waals surface area contributed by atoms with Gasteiger partial charge >= 0.3 is 7.82 Å². The molecule has 3 N–H and O–H groups in total. The zero-order chi connectivity index (χ0) is 45.7. The topological polar surface area (TPSA) is 105 Å². The third kappa shape index (κ3) is 47.0. The summed E-state index contributed by atoms with van der Waals surface area (Å²) in [5.74, 6) is -0.184. The Morgan fingerprint density at radius 2 is 0.887 bits per heavy atom. The Labute approximate surface area is 385 Å². The van der Waals surface area contributed by atoms with Crippen LogP contribution in [0.1, 0.15) is 258 Å². The molecule has 0 bridgehead atoms. The van der Waals surface area contributed by atoms with E-state index in [-0.39, 0.29) is 19.1 Å². The van der Waals surface area contributed by atoms with Crippen LogP contribution >= 0.6 is 7.82 Å². The number of likely N-dealkylation sites (N-methyl/N-ethyl adjacent to an activating group) is 1. The van der Waals surface area contributed by atoms with E-state index in [0.717, 1.165) is 38.5 Å². The second-order valence-corrected chi connectivity index (χ2v) is 21.1. The molecule has 8 nitrogen and oxygen atoms in total. The molecule has 62 heavy (non-hydrogen) atoms. The zero-order valence-corrected chi connectivity index (χ0v) is 42.8. The van der Waals surface area contributed by atoms with Crippen molar-refractivity contribution in [2.75, 3.05) is 40.9 Å². The Balaban J connectivity index is 4.03. The monoisotopic (exact) mass is 898 g/mol. The number of nitrogens with one attached hydrogen (secondary N) is 1. The summed E-state index contributed by atoms with van der Waals surface area (Å²) < 4.78 is 23.6. The highest BCUT2D eigenvalue weighted by Crippen LogP contribution is 2.43. The number of hydrogen-bond acceptors (Lipinski definition) is 5. The minimum absolute atomic E-state index is 0.0582. The molecule has 0 spiro atoms. The molecule has 0 rings (SSSR count). The lowest BCUT2D eigenvalue weighted by molar-refractivity contribution is -0.870. The molecule has 3 unspecified atom stereocenters. The standard InChI is InChI=1S/C53H105N2O6P/c1-6-8-10-12-14-16-18-19-20-21-22-23-24-25-26-27-28-29-30-31-32-33-34-35-37-39-41-43-45-47-53(57)54-51(50-61-62(58,59)60-49-48-55(3,4)5)52(56)46-44-42-40-38-36-17-15-13-11-9-7-2/h36,38,44,46,51-52,56H,6-35,37,39-43,45,47-50H2,1-5H3,(H-,54,57,58,59)/p+1/b38-36+,46-44+. The van der Waals surface area contributed by atoms with Crippen molar-refractivity contribution in [3.05, 3.63) is 24.3 Å². The van der Waals surface area contributed by atoms with Gasteiger partial charge in [-0.2, -0.15) is 0 Å². The maximum atomic E-state index is 12.9. The van der Waals surface area contributed by atoms with Crippen LogP contribution in [0.5, 0.6) is 0 Å². The van der Waals surface area contributed by atoms with Crippen molar-refractivity contribution in [1.82, 2.24) is 5.32 Å². The molecule has 9 heteroatoms. The maximum Gasteiger partial charge on any atom is 0.472 e. The molecule has 3 atom stereocenters. The van der Waals surface area contributed by atoms with E-state index in [1.165, 1.54) is 199 Å². The molecular weight excluding hydrogens is 792 g/mol. The lowest BCUT2D eigenvalue weighted by atomic mass is 10.0. The van der Waals surface area contributed by atoms with E-state index in [4.69, 9.17) is 9.05 Å². The minimum Gasteiger partial charge on any atom is -0.387 e. The first-order valence-electron chi connectivity index (χ1n) is 26.7. The van der Waals surface area contributed by atoms with E-state index >= 15 is 0 Å². The van der Waals surface area contributed by atoms with Gasteiger partial charge in [0, 0.05) is 6.42 Å². The average molecular weight is 898 g/mol. The normalized spacial score (nSPS) is 14.2. The molecular formula is C53H106N2O6P+. The molecule has 0 aliphatic heterocycles. The summed E-state index contributed by atoms with van der Waals surface area (Å²) in [5.41, 5.74) is 0. The number of amides is 1. The fourth-order valence-corrected chi connectivity index (χ4v) is 8.68. The summed E-state index contributed by atoms with van der Waals surface area (Å²) >= 11 is 0. The molecule has 0 aliphatic carbocycles. The van der Waals surface area contributed by atoms with Gasteiger partial charge in [-0.1, -0.05) is 244 Å². The summed E-state index contributed by atoms with van der Waals surface area (Å²) in [6.45, 7) is 4.79. The van der Waals surface area contributed by atoms with Crippen molar-refractivity contribution >= 4 is 13.7 Å². The van der Waals surface area contributed by atoms with Gasteiger partial charge in [0.1, 0.15) is 13.2 Å². The van der Waals surface area contributed by atoms with Gasteiger partial charge in [-0.05, 0) is 32.1 Å². The van der Waals surface area contributed by atoms with Gasteiger partial charge in [-0.3, -0.25) is 13.8 Å². The summed E-state index contributed by atoms with van der Waals surface area (Å²) in [5, 5.41) is 13.8. The first-order chi connectivity index (χ1) is 30.0. The van der Waals surface area contributed by atoms with E-state index in [9.17, 15) is 19.4 Å². The van der Waals surface area contributed by atoms with E-state index in [1.54, 1.807) is 6.08 Å². The summed E-state index contributed by atoms with van der Waals surface area (Å²) in [4.78, 5) is 23.2. The molecule has 0 radical (unpaired) electrons. The lowest BCUT2D eigenvalue weighted by Crippen LogP contribution is -2.45. The number of unbranched alkanes of at least 4 members (excludes halogenated alkanes) is 34. The van der Waals surface area contributed by atoms with Crippen molar-refractivity contribution in [2.24, 2.45) is 0 Å². The second-order valence-electron chi connectivity index (χ2n) is 19.6. The SMILES string of the molecule is CCCCCCC/C=C/CC/C=C/C(O)C(COP(=O)(O)OCC[N+](C)(C)C)NC(=O)CCCCCCCCCCCCCCCCCCCCCCCCCCCCCCC. The average Bonchev–Trinajstić information content (AvgIpc) is 3.23. The Hall–Kier alpha value is -1.02. The Morgan fingerprint density at radius 3 is 1.29 bits per heavy atom. The Kier molecular flexibility index (Phi) is 44.4. The van der Waals surface area contributed by atoms with Gasteiger partial charge in [0.25, 0.3) is 0 Å². The van der Waals surface area contributed by atoms with Crippen LogP contribution in [0.3, 0.4) is 0 Å². The third-order valence-electron chi connectivity index (χ3n) is 12.2. The van der Waals surface area contributed by atoms with Crippen molar-refractivity contribution in [3.8, 4) is 0 Å². The summed E-state index contributed by atoms with van der Waals surface area (Å²) in [7, 11) is 1.56. The van der Waals surface area contributed by atoms with E-state index in [0.29, 0.717) is 17.4 Å². The Bertz CT molecular complexity index is 1060. The highest BCUT2D eigenvalue weighted by Gasteiger charge is 2.27. The van der Waals surface area contributed by atoms with E-state index < -0.39 is 20.0 Å². The number of aliphatic hydroxyl groups excluding tert-OH is 1. The first-order valence-corrected chi connectivity index (χ1v) is 28.2. The molecule has 0 aromatic rings. The number of aliphatic hydroxyl groups is 1. The number of allylic oxidation sites excluding steroid dienone is 3. The summed E-state index contributed by atoms with van der Waals surface area (Å²) in [6.07, 6.45) is 55.8. The lowest BCUT2D eigenvalue weighted by Gasteiger charge is -2.25. The number of carbonyl (C=O) groups excluding carboxylic acids is 1. The number of quaternary nitrogens is 1. The molecule has 0 saturated heterocycles. The maximum absolute atomic E-state index is 12.9. The molecule has 0 heterocycles. The van der Waals surface area contributed by atoms with Crippen LogP contribution < -0.4 is 5.32 Å². The van der Waals surface area contributed by atoms with Gasteiger partial charge in [-0.25, -0.2) is 4.57 Å². The van der Waals surface area contributed by atoms with Crippen LogP contribution in [0, 0.1) is 0 Å². The molecule has 0 saturated carbocycles. The van der Waals surface area contributed by atoms with Gasteiger partial charge in [0.05, 0.1) is 39.9 Å². The zero-order valence-electron chi connectivity index (χ0n) is 41.9. The minimum atomic E-state index is -4.34. The van der Waals surface area contributed by atoms with Crippen molar-refractivity contribution in [3.63, 3.8) is 0 Å². The fourth-order valence-electron chi connectivity index (χ4n) is 7.94. The third-order valence-corrected chi connectivity index (χ3v) is 13.2. The molecule has 0 fully saturated rings. The van der Waals surface area contributed by atoms with Gasteiger partial charge in [-0.15, -0.1) is 0 Å². The predicted octanol–water partition coefficient (Wildman–Crippen LogP) is 15.6. The van der Waals surface area contributed by atoms with Crippen LogP contribution in [-0.4, -0.2) is 73.4 Å². The highest BCUT2D eigenvalue weighted by atomic mass is 31.2.